The monoisotopic (exact) mass is 370 g/mol. The number of benzene rings is 1. The maximum Gasteiger partial charge on any atom is 0.246 e. The van der Waals surface area contributed by atoms with E-state index in [4.69, 9.17) is 11.5 Å². The van der Waals surface area contributed by atoms with Crippen molar-refractivity contribution in [3.63, 3.8) is 0 Å². The molecule has 0 bridgehead atoms. The molecule has 0 fully saturated rings. The van der Waals surface area contributed by atoms with E-state index in [9.17, 15) is 14.4 Å². The van der Waals surface area contributed by atoms with E-state index in [0.717, 1.165) is 5.56 Å². The van der Waals surface area contributed by atoms with Crippen LogP contribution in [0.3, 0.4) is 0 Å². The largest absolute Gasteiger partial charge is 0.370 e. The van der Waals surface area contributed by atoms with E-state index < -0.39 is 11.9 Å². The number of nitrogens with two attached hydrogens (primary N) is 2. The van der Waals surface area contributed by atoms with Crippen molar-refractivity contribution in [1.29, 1.82) is 0 Å². The zero-order valence-corrected chi connectivity index (χ0v) is 15.6. The van der Waals surface area contributed by atoms with E-state index in [1.54, 1.807) is 6.07 Å². The molecule has 5 N–H and O–H groups in total. The molecule has 1 atom stereocenters. The van der Waals surface area contributed by atoms with E-state index in [-0.39, 0.29) is 49.6 Å². The molecule has 0 saturated heterocycles. The maximum atomic E-state index is 12.5. The molecule has 1 rings (SSSR count). The van der Waals surface area contributed by atoms with E-state index in [1.807, 2.05) is 39.0 Å². The van der Waals surface area contributed by atoms with Gasteiger partial charge in [-0.25, -0.2) is 0 Å². The highest BCUT2D eigenvalue weighted by atomic mass is 35.5. The molecule has 0 aliphatic carbocycles. The number of carbonyl (C=O) groups is 3. The van der Waals surface area contributed by atoms with Crippen LogP contribution in [0.25, 0.3) is 0 Å². The average Bonchev–Trinajstić information content (AvgIpc) is 2.51. The van der Waals surface area contributed by atoms with Gasteiger partial charge in [0.25, 0.3) is 0 Å². The van der Waals surface area contributed by atoms with Crippen molar-refractivity contribution >= 4 is 35.8 Å². The van der Waals surface area contributed by atoms with Gasteiger partial charge >= 0.3 is 0 Å². The van der Waals surface area contributed by atoms with Crippen molar-refractivity contribution < 1.29 is 14.4 Å². The maximum absolute atomic E-state index is 12.5. The van der Waals surface area contributed by atoms with Gasteiger partial charge in [-0.3, -0.25) is 14.4 Å². The summed E-state index contributed by atoms with van der Waals surface area (Å²) in [5, 5.41) is 2.54. The molecule has 8 heteroatoms. The van der Waals surface area contributed by atoms with Gasteiger partial charge in [0.15, 0.2) is 0 Å². The van der Waals surface area contributed by atoms with Crippen molar-refractivity contribution in [3.8, 4) is 0 Å². The van der Waals surface area contributed by atoms with Crippen molar-refractivity contribution in [1.82, 2.24) is 5.32 Å². The van der Waals surface area contributed by atoms with Crippen molar-refractivity contribution in [3.05, 3.63) is 29.8 Å². The van der Waals surface area contributed by atoms with Gasteiger partial charge in [0, 0.05) is 18.7 Å². The standard InChI is InChI=1S/C17H26N4O3.ClH/c1-11(2)16(19)17(24)20-10-15(23)21(8-7-14(18)22)13-6-4-5-12(3)9-13;/h4-6,9,11,16H,7-8,10,19H2,1-3H3,(H2,18,22)(H,20,24);1H/t16-;/m0./s1. The molecule has 0 aromatic heterocycles. The number of hydrogen-bond acceptors (Lipinski definition) is 4. The Balaban J connectivity index is 0.00000576. The smallest absolute Gasteiger partial charge is 0.246 e. The third-order valence-electron chi connectivity index (χ3n) is 3.63. The van der Waals surface area contributed by atoms with Crippen molar-refractivity contribution in [2.24, 2.45) is 17.4 Å². The quantitative estimate of drug-likeness (QED) is 0.624. The minimum atomic E-state index is -0.671. The Morgan fingerprint density at radius 2 is 1.88 bits per heavy atom. The summed E-state index contributed by atoms with van der Waals surface area (Å²) < 4.78 is 0. The minimum absolute atomic E-state index is 0. The lowest BCUT2D eigenvalue weighted by Crippen LogP contribution is -2.48. The first-order chi connectivity index (χ1) is 11.2. The van der Waals surface area contributed by atoms with Crippen LogP contribution >= 0.6 is 12.4 Å². The van der Waals surface area contributed by atoms with Crippen LogP contribution in [-0.4, -0.2) is 36.9 Å². The SMILES string of the molecule is Cc1cccc(N(CCC(N)=O)C(=O)CNC(=O)[C@@H](N)C(C)C)c1.Cl. The van der Waals surface area contributed by atoms with Gasteiger partial charge in [0.05, 0.1) is 12.6 Å². The third kappa shape index (κ3) is 7.53. The van der Waals surface area contributed by atoms with Crippen molar-refractivity contribution in [2.75, 3.05) is 18.0 Å². The van der Waals surface area contributed by atoms with Gasteiger partial charge in [0.2, 0.25) is 17.7 Å². The fraction of sp³-hybridized carbons (Fsp3) is 0.471. The van der Waals surface area contributed by atoms with Crippen LogP contribution in [0.2, 0.25) is 0 Å². The highest BCUT2D eigenvalue weighted by Crippen LogP contribution is 2.16. The predicted octanol–water partition coefficient (Wildman–Crippen LogP) is 0.725. The van der Waals surface area contributed by atoms with Crippen LogP contribution in [0.5, 0.6) is 0 Å². The molecule has 3 amide bonds. The molecule has 25 heavy (non-hydrogen) atoms. The Labute approximate surface area is 154 Å². The van der Waals surface area contributed by atoms with Gasteiger partial charge in [0.1, 0.15) is 0 Å². The Hall–Kier alpha value is -2.12. The molecule has 0 heterocycles. The zero-order chi connectivity index (χ0) is 18.3. The van der Waals surface area contributed by atoms with Gasteiger partial charge in [-0.15, -0.1) is 12.4 Å². The van der Waals surface area contributed by atoms with Crippen LogP contribution in [0, 0.1) is 12.8 Å². The number of carbonyl (C=O) groups excluding carboxylic acids is 3. The molecular formula is C17H27ClN4O3. The number of nitrogens with zero attached hydrogens (tertiary/aromatic N) is 1. The molecule has 1 aromatic rings. The Morgan fingerprint density at radius 1 is 1.24 bits per heavy atom. The van der Waals surface area contributed by atoms with E-state index >= 15 is 0 Å². The summed E-state index contributed by atoms with van der Waals surface area (Å²) in [7, 11) is 0. The Bertz CT molecular complexity index is 607. The second-order valence-corrected chi connectivity index (χ2v) is 6.09. The van der Waals surface area contributed by atoms with Gasteiger partial charge in [-0.05, 0) is 30.5 Å². The second-order valence-electron chi connectivity index (χ2n) is 6.09. The number of primary amides is 1. The summed E-state index contributed by atoms with van der Waals surface area (Å²) in [5.74, 6) is -1.22. The van der Waals surface area contributed by atoms with Crippen molar-refractivity contribution in [2.45, 2.75) is 33.2 Å². The van der Waals surface area contributed by atoms with E-state index in [2.05, 4.69) is 5.32 Å². The van der Waals surface area contributed by atoms with E-state index in [0.29, 0.717) is 5.69 Å². The summed E-state index contributed by atoms with van der Waals surface area (Å²) in [5.41, 5.74) is 12.6. The molecule has 0 radical (unpaired) electrons. The molecule has 0 aliphatic rings. The van der Waals surface area contributed by atoms with Gasteiger partial charge in [-0.1, -0.05) is 26.0 Å². The number of anilines is 1. The summed E-state index contributed by atoms with van der Waals surface area (Å²) in [6, 6.07) is 6.66. The number of hydrogen-bond donors (Lipinski definition) is 3. The third-order valence-corrected chi connectivity index (χ3v) is 3.63. The second kappa shape index (κ2) is 10.7. The van der Waals surface area contributed by atoms with Crippen LogP contribution < -0.4 is 21.7 Å². The normalized spacial score (nSPS) is 11.4. The summed E-state index contributed by atoms with van der Waals surface area (Å²) >= 11 is 0. The number of aryl methyl sites for hydroxylation is 1. The fourth-order valence-corrected chi connectivity index (χ4v) is 2.09. The zero-order valence-electron chi connectivity index (χ0n) is 14.8. The molecule has 7 nitrogen and oxygen atoms in total. The number of amides is 3. The summed E-state index contributed by atoms with van der Waals surface area (Å²) in [6.45, 7) is 5.54. The molecule has 140 valence electrons. The molecular weight excluding hydrogens is 344 g/mol. The first kappa shape index (κ1) is 22.9. The van der Waals surface area contributed by atoms with Crippen LogP contribution in [0.1, 0.15) is 25.8 Å². The lowest BCUT2D eigenvalue weighted by Gasteiger charge is -2.23. The molecule has 0 aliphatic heterocycles. The number of rotatable bonds is 8. The average molecular weight is 371 g/mol. The Kier molecular flexibility index (Phi) is 9.78. The summed E-state index contributed by atoms with van der Waals surface area (Å²) in [6.07, 6.45) is 0.0408. The predicted molar refractivity (Wildman–Crippen MR) is 100 cm³/mol. The van der Waals surface area contributed by atoms with Crippen LogP contribution in [0.15, 0.2) is 24.3 Å². The van der Waals surface area contributed by atoms with E-state index in [1.165, 1.54) is 4.90 Å². The van der Waals surface area contributed by atoms with Crippen LogP contribution in [-0.2, 0) is 14.4 Å². The minimum Gasteiger partial charge on any atom is -0.370 e. The first-order valence-electron chi connectivity index (χ1n) is 7.91. The first-order valence-corrected chi connectivity index (χ1v) is 7.91. The highest BCUT2D eigenvalue weighted by Gasteiger charge is 2.21. The fourth-order valence-electron chi connectivity index (χ4n) is 2.09. The topological polar surface area (TPSA) is 119 Å². The lowest BCUT2D eigenvalue weighted by molar-refractivity contribution is -0.126. The summed E-state index contributed by atoms with van der Waals surface area (Å²) in [4.78, 5) is 36.9. The molecule has 1 aromatic carbocycles. The molecule has 0 unspecified atom stereocenters. The molecule has 0 saturated carbocycles. The Morgan fingerprint density at radius 3 is 2.40 bits per heavy atom. The number of nitrogens with one attached hydrogen (secondary N) is 1. The number of halogens is 1. The van der Waals surface area contributed by atoms with Gasteiger partial charge < -0.3 is 21.7 Å². The van der Waals surface area contributed by atoms with Crippen LogP contribution in [0.4, 0.5) is 5.69 Å². The van der Waals surface area contributed by atoms with Gasteiger partial charge in [-0.2, -0.15) is 0 Å². The lowest BCUT2D eigenvalue weighted by atomic mass is 10.1. The highest BCUT2D eigenvalue weighted by molar-refractivity contribution is 5.97. The molecule has 0 spiro atoms.